The van der Waals surface area contributed by atoms with Gasteiger partial charge in [-0.15, -0.1) is 0 Å². The second-order valence-electron chi connectivity index (χ2n) is 4.08. The van der Waals surface area contributed by atoms with Crippen molar-refractivity contribution >= 4 is 10.0 Å². The maximum absolute atomic E-state index is 13.4. The molecule has 0 N–H and O–H groups in total. The summed E-state index contributed by atoms with van der Waals surface area (Å²) >= 11 is 0. The van der Waals surface area contributed by atoms with Crippen molar-refractivity contribution in [3.8, 4) is 0 Å². The molecule has 0 unspecified atom stereocenters. The van der Waals surface area contributed by atoms with Crippen LogP contribution in [0.15, 0.2) is 23.1 Å². The number of ether oxygens (including phenoxy) is 1. The van der Waals surface area contributed by atoms with Gasteiger partial charge < -0.3 is 4.74 Å². The fourth-order valence-electron chi connectivity index (χ4n) is 1.47. The summed E-state index contributed by atoms with van der Waals surface area (Å²) in [6.45, 7) is 2.42. The molecule has 0 spiro atoms. The first-order valence-corrected chi connectivity index (χ1v) is 7.05. The Balaban J connectivity index is 2.88. The van der Waals surface area contributed by atoms with E-state index in [1.54, 1.807) is 14.0 Å². The van der Waals surface area contributed by atoms with Crippen LogP contribution in [0.5, 0.6) is 0 Å². The molecule has 0 saturated heterocycles. The van der Waals surface area contributed by atoms with Crippen molar-refractivity contribution in [1.29, 1.82) is 0 Å². The van der Waals surface area contributed by atoms with E-state index in [4.69, 9.17) is 4.74 Å². The normalized spacial score (nSPS) is 12.1. The predicted octanol–water partition coefficient (Wildman–Crippen LogP) is 1.79. The Bertz CT molecular complexity index is 502. The highest BCUT2D eigenvalue weighted by Crippen LogP contribution is 2.17. The van der Waals surface area contributed by atoms with Crippen LogP contribution in [0.1, 0.15) is 12.0 Å². The molecule has 18 heavy (non-hydrogen) atoms. The summed E-state index contributed by atoms with van der Waals surface area (Å²) in [6, 6.07) is 3.93. The van der Waals surface area contributed by atoms with E-state index in [-0.39, 0.29) is 4.90 Å². The number of benzene rings is 1. The topological polar surface area (TPSA) is 46.6 Å². The van der Waals surface area contributed by atoms with Crippen LogP contribution < -0.4 is 0 Å². The number of rotatable bonds is 6. The maximum Gasteiger partial charge on any atom is 0.242 e. The molecule has 6 heteroatoms. The lowest BCUT2D eigenvalue weighted by Crippen LogP contribution is -2.28. The minimum Gasteiger partial charge on any atom is -0.385 e. The number of nitrogens with zero attached hydrogens (tertiary/aromatic N) is 1. The van der Waals surface area contributed by atoms with Crippen LogP contribution in [-0.4, -0.2) is 40.0 Å². The molecular formula is C12H18FNO3S. The smallest absolute Gasteiger partial charge is 0.242 e. The Labute approximate surface area is 107 Å². The van der Waals surface area contributed by atoms with Crippen molar-refractivity contribution in [3.63, 3.8) is 0 Å². The summed E-state index contributed by atoms with van der Waals surface area (Å²) in [4.78, 5) is -0.0227. The van der Waals surface area contributed by atoms with E-state index >= 15 is 0 Å². The Kier molecular flexibility index (Phi) is 5.25. The van der Waals surface area contributed by atoms with E-state index in [2.05, 4.69) is 0 Å². The van der Waals surface area contributed by atoms with Crippen LogP contribution in [0.3, 0.4) is 0 Å². The molecule has 0 fully saturated rings. The van der Waals surface area contributed by atoms with Crippen LogP contribution in [0, 0.1) is 12.7 Å². The zero-order chi connectivity index (χ0) is 13.8. The summed E-state index contributed by atoms with van der Waals surface area (Å²) in [5, 5.41) is 0. The second kappa shape index (κ2) is 6.26. The van der Waals surface area contributed by atoms with E-state index in [0.717, 1.165) is 6.07 Å². The number of sulfonamides is 1. The maximum atomic E-state index is 13.4. The molecule has 0 saturated carbocycles. The highest BCUT2D eigenvalue weighted by molar-refractivity contribution is 7.89. The first-order chi connectivity index (χ1) is 8.39. The summed E-state index contributed by atoms with van der Waals surface area (Å²) in [5.41, 5.74) is 0.427. The van der Waals surface area contributed by atoms with Gasteiger partial charge in [-0.05, 0) is 31.0 Å². The fourth-order valence-corrected chi connectivity index (χ4v) is 2.69. The molecule has 0 radical (unpaired) electrons. The van der Waals surface area contributed by atoms with Gasteiger partial charge in [0.25, 0.3) is 0 Å². The number of hydrogen-bond donors (Lipinski definition) is 0. The molecule has 0 aliphatic heterocycles. The lowest BCUT2D eigenvalue weighted by Gasteiger charge is -2.17. The number of methoxy groups -OCH3 is 1. The lowest BCUT2D eigenvalue weighted by molar-refractivity contribution is 0.189. The molecule has 0 amide bonds. The lowest BCUT2D eigenvalue weighted by atomic mass is 10.2. The first-order valence-electron chi connectivity index (χ1n) is 5.61. The molecule has 0 atom stereocenters. The van der Waals surface area contributed by atoms with Crippen LogP contribution in [0.25, 0.3) is 0 Å². The Morgan fingerprint density at radius 1 is 1.39 bits per heavy atom. The van der Waals surface area contributed by atoms with Crippen molar-refractivity contribution in [1.82, 2.24) is 4.31 Å². The van der Waals surface area contributed by atoms with Gasteiger partial charge >= 0.3 is 0 Å². The standard InChI is InChI=1S/C12H18FNO3S/c1-10-5-6-11(9-12(10)13)18(15,16)14(2)7-4-8-17-3/h5-6,9H,4,7-8H2,1-3H3. The van der Waals surface area contributed by atoms with Crippen molar-refractivity contribution in [2.45, 2.75) is 18.2 Å². The highest BCUT2D eigenvalue weighted by Gasteiger charge is 2.21. The monoisotopic (exact) mass is 275 g/mol. The Morgan fingerprint density at radius 2 is 2.06 bits per heavy atom. The van der Waals surface area contributed by atoms with Gasteiger partial charge in [-0.1, -0.05) is 6.07 Å². The third-order valence-corrected chi connectivity index (χ3v) is 4.53. The molecule has 0 aliphatic carbocycles. The zero-order valence-electron chi connectivity index (χ0n) is 10.8. The third-order valence-electron chi connectivity index (χ3n) is 2.67. The third kappa shape index (κ3) is 3.51. The largest absolute Gasteiger partial charge is 0.385 e. The summed E-state index contributed by atoms with van der Waals surface area (Å²) in [6.07, 6.45) is 0.598. The van der Waals surface area contributed by atoms with E-state index < -0.39 is 15.8 Å². The second-order valence-corrected chi connectivity index (χ2v) is 6.13. The highest BCUT2D eigenvalue weighted by atomic mass is 32.2. The first kappa shape index (κ1) is 15.1. The van der Waals surface area contributed by atoms with E-state index in [1.807, 2.05) is 0 Å². The van der Waals surface area contributed by atoms with Crippen LogP contribution in [0.4, 0.5) is 4.39 Å². The van der Waals surface area contributed by atoms with E-state index in [1.165, 1.54) is 23.5 Å². The Morgan fingerprint density at radius 3 is 2.61 bits per heavy atom. The van der Waals surface area contributed by atoms with Crippen molar-refractivity contribution in [2.24, 2.45) is 0 Å². The minimum absolute atomic E-state index is 0.0227. The molecule has 0 aliphatic rings. The SMILES string of the molecule is COCCCN(C)S(=O)(=O)c1ccc(C)c(F)c1. The number of hydrogen-bond acceptors (Lipinski definition) is 3. The van der Waals surface area contributed by atoms with E-state index in [9.17, 15) is 12.8 Å². The van der Waals surface area contributed by atoms with Gasteiger partial charge in [-0.25, -0.2) is 17.1 Å². The van der Waals surface area contributed by atoms with Gasteiger partial charge in [0.1, 0.15) is 5.82 Å². The van der Waals surface area contributed by atoms with E-state index in [0.29, 0.717) is 25.1 Å². The van der Waals surface area contributed by atoms with Crippen LogP contribution in [-0.2, 0) is 14.8 Å². The predicted molar refractivity (Wildman–Crippen MR) is 67.4 cm³/mol. The summed E-state index contributed by atoms with van der Waals surface area (Å²) in [5.74, 6) is -0.513. The van der Waals surface area contributed by atoms with Gasteiger partial charge in [-0.2, -0.15) is 0 Å². The quantitative estimate of drug-likeness (QED) is 0.744. The molecule has 0 aromatic heterocycles. The van der Waals surface area contributed by atoms with Gasteiger partial charge in [0, 0.05) is 27.3 Å². The molecular weight excluding hydrogens is 257 g/mol. The number of aryl methyl sites for hydroxylation is 1. The Hall–Kier alpha value is -0.980. The molecule has 1 aromatic carbocycles. The molecule has 4 nitrogen and oxygen atoms in total. The van der Waals surface area contributed by atoms with Gasteiger partial charge in [0.2, 0.25) is 10.0 Å². The molecule has 1 rings (SSSR count). The molecule has 102 valence electrons. The average Bonchev–Trinajstić information content (AvgIpc) is 2.32. The van der Waals surface area contributed by atoms with Crippen LogP contribution >= 0.6 is 0 Å². The fraction of sp³-hybridized carbons (Fsp3) is 0.500. The number of halogens is 1. The van der Waals surface area contributed by atoms with Crippen molar-refractivity contribution in [3.05, 3.63) is 29.6 Å². The van der Waals surface area contributed by atoms with Crippen LogP contribution in [0.2, 0.25) is 0 Å². The average molecular weight is 275 g/mol. The van der Waals surface area contributed by atoms with Crippen molar-refractivity contribution < 1.29 is 17.5 Å². The van der Waals surface area contributed by atoms with Gasteiger partial charge in [0.15, 0.2) is 0 Å². The molecule has 0 bridgehead atoms. The summed E-state index contributed by atoms with van der Waals surface area (Å²) < 4.78 is 43.7. The minimum atomic E-state index is -3.62. The van der Waals surface area contributed by atoms with Gasteiger partial charge in [-0.3, -0.25) is 0 Å². The zero-order valence-corrected chi connectivity index (χ0v) is 11.6. The molecule has 1 aromatic rings. The molecule has 0 heterocycles. The van der Waals surface area contributed by atoms with Gasteiger partial charge in [0.05, 0.1) is 4.90 Å². The summed E-state index contributed by atoms with van der Waals surface area (Å²) in [7, 11) is -0.587. The van der Waals surface area contributed by atoms with Crippen molar-refractivity contribution in [2.75, 3.05) is 27.3 Å².